The zero-order valence-electron chi connectivity index (χ0n) is 20.6. The molecule has 2 amide bonds. The number of fused-ring (bicyclic) bond motifs is 1. The van der Waals surface area contributed by atoms with Gasteiger partial charge in [0, 0.05) is 42.3 Å². The number of hydrogen-bond acceptors (Lipinski definition) is 3. The van der Waals surface area contributed by atoms with Gasteiger partial charge in [0.2, 0.25) is 5.91 Å². The number of aromatic nitrogens is 1. The Hall–Kier alpha value is -4.25. The van der Waals surface area contributed by atoms with E-state index in [0.29, 0.717) is 5.52 Å². The molecule has 4 rings (SSSR count). The second-order valence-corrected chi connectivity index (χ2v) is 8.90. The molecule has 6 nitrogen and oxygen atoms in total. The van der Waals surface area contributed by atoms with Crippen LogP contribution < -0.4 is 11.1 Å². The third kappa shape index (κ3) is 6.61. The molecule has 0 spiro atoms. The van der Waals surface area contributed by atoms with Crippen LogP contribution in [0.3, 0.4) is 0 Å². The van der Waals surface area contributed by atoms with Gasteiger partial charge in [0.1, 0.15) is 17.7 Å². The molecule has 0 aliphatic heterocycles. The number of aromatic amines is 1. The van der Waals surface area contributed by atoms with Crippen molar-refractivity contribution in [2.24, 2.45) is 5.73 Å². The molecule has 4 aromatic rings. The Balaban J connectivity index is 1.70. The van der Waals surface area contributed by atoms with Gasteiger partial charge >= 0.3 is 6.18 Å². The van der Waals surface area contributed by atoms with Gasteiger partial charge in [-0.15, -0.1) is 0 Å². The lowest BCUT2D eigenvalue weighted by Gasteiger charge is -2.31. The Morgan fingerprint density at radius 1 is 0.949 bits per heavy atom. The molecule has 0 bridgehead atoms. The zero-order valence-corrected chi connectivity index (χ0v) is 20.6. The van der Waals surface area contributed by atoms with Crippen LogP contribution in [-0.4, -0.2) is 34.8 Å². The van der Waals surface area contributed by atoms with Crippen LogP contribution in [0.5, 0.6) is 0 Å². The van der Waals surface area contributed by atoms with Gasteiger partial charge in [0.25, 0.3) is 5.91 Å². The number of amides is 2. The highest BCUT2D eigenvalue weighted by Crippen LogP contribution is 2.32. The molecule has 0 fully saturated rings. The first-order valence-corrected chi connectivity index (χ1v) is 12.1. The fraction of sp³-hybridized carbons (Fsp3) is 0.214. The van der Waals surface area contributed by atoms with Gasteiger partial charge in [-0.05, 0) is 72.1 Å². The molecule has 1 heterocycles. The Morgan fingerprint density at radius 2 is 1.62 bits per heavy atom. The molecule has 39 heavy (non-hydrogen) atoms. The number of nitrogens with zero attached hydrogens (tertiary/aromatic N) is 1. The number of alkyl halides is 3. The summed E-state index contributed by atoms with van der Waals surface area (Å²) in [5, 5.41) is 3.34. The van der Waals surface area contributed by atoms with E-state index in [4.69, 9.17) is 5.73 Å². The van der Waals surface area contributed by atoms with Crippen molar-refractivity contribution in [3.63, 3.8) is 0 Å². The second-order valence-electron chi connectivity index (χ2n) is 8.90. The van der Waals surface area contributed by atoms with Gasteiger partial charge < -0.3 is 20.9 Å². The Bertz CT molecular complexity index is 1450. The topological polar surface area (TPSA) is 91.2 Å². The first-order chi connectivity index (χ1) is 18.6. The number of carbonyl (C=O) groups excluding carboxylic acids is 2. The number of benzene rings is 3. The number of hydrogen-bond donors (Lipinski definition) is 3. The van der Waals surface area contributed by atoms with Crippen molar-refractivity contribution >= 4 is 28.4 Å². The Labute approximate surface area is 220 Å². The summed E-state index contributed by atoms with van der Waals surface area (Å²) in [6.45, 7) is -0.00724. The van der Waals surface area contributed by atoms with Crippen molar-refractivity contribution in [1.82, 2.24) is 9.88 Å². The number of nitrogens with two attached hydrogens (primary N) is 1. The Kier molecular flexibility index (Phi) is 8.29. The summed E-state index contributed by atoms with van der Waals surface area (Å²) >= 11 is 0. The van der Waals surface area contributed by atoms with E-state index < -0.39 is 41.2 Å². The molecule has 11 heteroatoms. The van der Waals surface area contributed by atoms with Crippen molar-refractivity contribution < 1.29 is 31.5 Å². The van der Waals surface area contributed by atoms with Gasteiger partial charge in [-0.25, -0.2) is 8.78 Å². The second kappa shape index (κ2) is 11.6. The molecule has 0 aliphatic rings. The average Bonchev–Trinajstić information content (AvgIpc) is 3.29. The first kappa shape index (κ1) is 27.8. The molecule has 0 radical (unpaired) electrons. The SMILES string of the molecule is NCCC(=O)N(CCc1c[nH]c2cc(F)ccc12)C(C(=O)Nc1ccc(F)cc1)c1ccc(C(F)(F)F)cc1. The van der Waals surface area contributed by atoms with Crippen LogP contribution in [0, 0.1) is 11.6 Å². The van der Waals surface area contributed by atoms with Gasteiger partial charge in [-0.3, -0.25) is 9.59 Å². The Morgan fingerprint density at radius 3 is 2.26 bits per heavy atom. The summed E-state index contributed by atoms with van der Waals surface area (Å²) in [4.78, 5) is 31.0. The predicted octanol–water partition coefficient (Wildman–Crippen LogP) is 5.56. The minimum Gasteiger partial charge on any atom is -0.361 e. The van der Waals surface area contributed by atoms with Gasteiger partial charge in [0.05, 0.1) is 5.56 Å². The first-order valence-electron chi connectivity index (χ1n) is 12.1. The fourth-order valence-electron chi connectivity index (χ4n) is 4.34. The summed E-state index contributed by atoms with van der Waals surface area (Å²) in [6.07, 6.45) is -2.78. The smallest absolute Gasteiger partial charge is 0.361 e. The van der Waals surface area contributed by atoms with Crippen LogP contribution in [0.1, 0.15) is 29.2 Å². The average molecular weight is 545 g/mol. The number of H-pyrrole nitrogens is 1. The van der Waals surface area contributed by atoms with Crippen LogP contribution in [-0.2, 0) is 22.2 Å². The molecular weight excluding hydrogens is 519 g/mol. The molecule has 0 saturated carbocycles. The maximum atomic E-state index is 13.6. The molecule has 4 N–H and O–H groups in total. The van der Waals surface area contributed by atoms with E-state index in [1.54, 1.807) is 12.3 Å². The van der Waals surface area contributed by atoms with Crippen LogP contribution >= 0.6 is 0 Å². The number of anilines is 1. The van der Waals surface area contributed by atoms with E-state index in [-0.39, 0.29) is 37.2 Å². The van der Waals surface area contributed by atoms with E-state index in [0.717, 1.165) is 47.3 Å². The molecule has 204 valence electrons. The molecule has 0 saturated heterocycles. The van der Waals surface area contributed by atoms with Crippen LogP contribution in [0.25, 0.3) is 10.9 Å². The zero-order chi connectivity index (χ0) is 28.2. The normalized spacial score (nSPS) is 12.4. The number of rotatable bonds is 9. The van der Waals surface area contributed by atoms with Crippen LogP contribution in [0.15, 0.2) is 72.9 Å². The maximum Gasteiger partial charge on any atom is 0.416 e. The minimum absolute atomic E-state index is 0.00564. The van der Waals surface area contributed by atoms with E-state index >= 15 is 0 Å². The fourth-order valence-corrected chi connectivity index (χ4v) is 4.34. The highest BCUT2D eigenvalue weighted by atomic mass is 19.4. The van der Waals surface area contributed by atoms with Crippen molar-refractivity contribution in [2.75, 3.05) is 18.4 Å². The monoisotopic (exact) mass is 544 g/mol. The summed E-state index contributed by atoms with van der Waals surface area (Å²) in [5.41, 5.74) is 6.40. The minimum atomic E-state index is -4.59. The lowest BCUT2D eigenvalue weighted by Crippen LogP contribution is -2.43. The summed E-state index contributed by atoms with van der Waals surface area (Å²) in [6, 6.07) is 11.8. The standard InChI is InChI=1S/C28H25F5N4O2/c29-20-5-8-22(9-6-20)36-27(39)26(17-1-3-19(4-2-17)28(31,32)33)37(25(38)11-13-34)14-12-18-16-35-24-15-21(30)7-10-23(18)24/h1-10,15-16,26,35H,11-14,34H2,(H,36,39). The van der Waals surface area contributed by atoms with Gasteiger partial charge in [-0.2, -0.15) is 13.2 Å². The lowest BCUT2D eigenvalue weighted by molar-refractivity contribution is -0.139. The van der Waals surface area contributed by atoms with Crippen molar-refractivity contribution in [2.45, 2.75) is 25.1 Å². The quantitative estimate of drug-likeness (QED) is 0.241. The lowest BCUT2D eigenvalue weighted by atomic mass is 10.0. The van der Waals surface area contributed by atoms with E-state index in [9.17, 15) is 31.5 Å². The largest absolute Gasteiger partial charge is 0.416 e. The van der Waals surface area contributed by atoms with Crippen molar-refractivity contribution in [3.8, 4) is 0 Å². The molecular formula is C28H25F5N4O2. The molecule has 1 aromatic heterocycles. The summed E-state index contributed by atoms with van der Waals surface area (Å²) in [5.74, 6) is -2.13. The van der Waals surface area contributed by atoms with Gasteiger partial charge in [-0.1, -0.05) is 12.1 Å². The number of halogens is 5. The predicted molar refractivity (Wildman–Crippen MR) is 137 cm³/mol. The number of nitrogens with one attached hydrogen (secondary N) is 2. The summed E-state index contributed by atoms with van der Waals surface area (Å²) in [7, 11) is 0. The van der Waals surface area contributed by atoms with E-state index in [2.05, 4.69) is 10.3 Å². The highest BCUT2D eigenvalue weighted by molar-refractivity contribution is 5.98. The molecule has 1 atom stereocenters. The molecule has 1 unspecified atom stereocenters. The molecule has 3 aromatic carbocycles. The maximum absolute atomic E-state index is 13.6. The summed E-state index contributed by atoms with van der Waals surface area (Å²) < 4.78 is 66.6. The third-order valence-corrected chi connectivity index (χ3v) is 6.26. The van der Waals surface area contributed by atoms with Gasteiger partial charge in [0.15, 0.2) is 0 Å². The van der Waals surface area contributed by atoms with Crippen molar-refractivity contribution in [1.29, 1.82) is 0 Å². The van der Waals surface area contributed by atoms with E-state index in [1.165, 1.54) is 29.2 Å². The highest BCUT2D eigenvalue weighted by Gasteiger charge is 2.34. The number of carbonyl (C=O) groups is 2. The van der Waals surface area contributed by atoms with Crippen LogP contribution in [0.4, 0.5) is 27.6 Å². The van der Waals surface area contributed by atoms with E-state index in [1.807, 2.05) is 0 Å². The third-order valence-electron chi connectivity index (χ3n) is 6.26. The molecule has 0 aliphatic carbocycles. The van der Waals surface area contributed by atoms with Crippen LogP contribution in [0.2, 0.25) is 0 Å². The van der Waals surface area contributed by atoms with Crippen molar-refractivity contribution in [3.05, 3.63) is 101 Å².